The summed E-state index contributed by atoms with van der Waals surface area (Å²) in [5, 5.41) is 1.10. The van der Waals surface area contributed by atoms with Crippen LogP contribution in [0.2, 0.25) is 0 Å². The van der Waals surface area contributed by atoms with Crippen LogP contribution >= 0.6 is 0 Å². The van der Waals surface area contributed by atoms with E-state index >= 15 is 0 Å². The highest BCUT2D eigenvalue weighted by Gasteiger charge is 2.31. The zero-order chi connectivity index (χ0) is 18.9. The smallest absolute Gasteiger partial charge is 0.254 e. The maximum Gasteiger partial charge on any atom is 0.254 e. The molecule has 2 aromatic carbocycles. The first-order valence-corrected chi connectivity index (χ1v) is 10.4. The van der Waals surface area contributed by atoms with E-state index < -0.39 is 0 Å². The van der Waals surface area contributed by atoms with Gasteiger partial charge in [-0.05, 0) is 63.0 Å². The first-order chi connectivity index (χ1) is 13.8. The van der Waals surface area contributed by atoms with Crippen LogP contribution in [-0.2, 0) is 0 Å². The Morgan fingerprint density at radius 3 is 2.54 bits per heavy atom. The molecule has 0 saturated carbocycles. The second-order valence-corrected chi connectivity index (χ2v) is 8.03. The molecule has 2 aliphatic rings. The number of carbonyl (C=O) groups excluding carboxylic acids is 1. The van der Waals surface area contributed by atoms with Crippen LogP contribution in [0, 0.1) is 0 Å². The second-order valence-electron chi connectivity index (χ2n) is 8.03. The molecule has 0 spiro atoms. The van der Waals surface area contributed by atoms with Crippen LogP contribution in [0.1, 0.15) is 36.0 Å². The van der Waals surface area contributed by atoms with Crippen molar-refractivity contribution in [1.29, 1.82) is 0 Å². The van der Waals surface area contributed by atoms with Gasteiger partial charge in [-0.3, -0.25) is 4.79 Å². The van der Waals surface area contributed by atoms with Gasteiger partial charge in [0, 0.05) is 35.6 Å². The van der Waals surface area contributed by atoms with Crippen molar-refractivity contribution in [2.75, 3.05) is 26.2 Å². The number of fused-ring (bicyclic) bond motifs is 1. The summed E-state index contributed by atoms with van der Waals surface area (Å²) >= 11 is 0. The topological polar surface area (TPSA) is 36.7 Å². The van der Waals surface area contributed by atoms with Crippen molar-refractivity contribution in [3.05, 3.63) is 60.2 Å². The van der Waals surface area contributed by atoms with Crippen molar-refractivity contribution in [2.24, 2.45) is 0 Å². The molecule has 1 aromatic heterocycles. The molecule has 5 rings (SSSR count). The minimum absolute atomic E-state index is 0.165. The van der Waals surface area contributed by atoms with Crippen LogP contribution < -0.4 is 0 Å². The molecule has 0 aliphatic carbocycles. The molecule has 2 aliphatic heterocycles. The zero-order valence-corrected chi connectivity index (χ0v) is 16.1. The third-order valence-electron chi connectivity index (χ3n) is 6.15. The molecule has 2 saturated heterocycles. The lowest BCUT2D eigenvalue weighted by Gasteiger charge is -2.28. The lowest BCUT2D eigenvalue weighted by atomic mass is 10.1. The summed E-state index contributed by atoms with van der Waals surface area (Å²) in [6.45, 7) is 4.28. The highest BCUT2D eigenvalue weighted by molar-refractivity contribution is 5.95. The van der Waals surface area contributed by atoms with Gasteiger partial charge in [0.25, 0.3) is 5.91 Å². The summed E-state index contributed by atoms with van der Waals surface area (Å²) in [6.07, 6.45) is 4.83. The third kappa shape index (κ3) is 3.33. The Hall–Kier alpha value is -2.59. The van der Waals surface area contributed by atoms with Crippen molar-refractivity contribution in [3.8, 4) is 11.3 Å². The fourth-order valence-corrected chi connectivity index (χ4v) is 4.62. The highest BCUT2D eigenvalue weighted by Crippen LogP contribution is 2.29. The van der Waals surface area contributed by atoms with Crippen molar-refractivity contribution in [1.82, 2.24) is 9.80 Å². The molecule has 0 bridgehead atoms. The number of para-hydroxylation sites is 1. The van der Waals surface area contributed by atoms with Crippen molar-refractivity contribution < 1.29 is 9.21 Å². The van der Waals surface area contributed by atoms with Gasteiger partial charge in [-0.2, -0.15) is 0 Å². The Bertz CT molecular complexity index is 937. The van der Waals surface area contributed by atoms with Gasteiger partial charge in [0.05, 0.1) is 0 Å². The zero-order valence-electron chi connectivity index (χ0n) is 16.1. The number of amides is 1. The molecule has 3 heterocycles. The molecule has 1 amide bonds. The largest absolute Gasteiger partial charge is 0.456 e. The van der Waals surface area contributed by atoms with E-state index in [4.69, 9.17) is 4.42 Å². The number of hydrogen-bond donors (Lipinski definition) is 0. The van der Waals surface area contributed by atoms with Gasteiger partial charge >= 0.3 is 0 Å². The molecule has 0 radical (unpaired) electrons. The van der Waals surface area contributed by atoms with Gasteiger partial charge in [-0.25, -0.2) is 0 Å². The minimum atomic E-state index is 0.165. The molecule has 0 N–H and O–H groups in total. The molecule has 1 atom stereocenters. The van der Waals surface area contributed by atoms with Crippen LogP contribution in [0.4, 0.5) is 0 Å². The van der Waals surface area contributed by atoms with Crippen molar-refractivity contribution >= 4 is 16.9 Å². The van der Waals surface area contributed by atoms with Crippen molar-refractivity contribution in [3.63, 3.8) is 0 Å². The summed E-state index contributed by atoms with van der Waals surface area (Å²) in [6, 6.07) is 18.3. The van der Waals surface area contributed by atoms with Gasteiger partial charge in [0.15, 0.2) is 0 Å². The predicted octanol–water partition coefficient (Wildman–Crippen LogP) is 4.80. The normalized spacial score (nSPS) is 20.3. The van der Waals surface area contributed by atoms with E-state index in [0.29, 0.717) is 6.04 Å². The number of likely N-dealkylation sites (tertiary alicyclic amines) is 2. The van der Waals surface area contributed by atoms with Crippen LogP contribution in [-0.4, -0.2) is 47.9 Å². The lowest BCUT2D eigenvalue weighted by Crippen LogP contribution is -2.42. The van der Waals surface area contributed by atoms with Gasteiger partial charge in [0.2, 0.25) is 0 Å². The molecule has 4 nitrogen and oxygen atoms in total. The Labute approximate surface area is 165 Å². The first kappa shape index (κ1) is 17.5. The van der Waals surface area contributed by atoms with E-state index in [1.165, 1.54) is 25.9 Å². The van der Waals surface area contributed by atoms with Gasteiger partial charge in [0.1, 0.15) is 11.3 Å². The average Bonchev–Trinajstić information content (AvgIpc) is 3.48. The standard InChI is InChI=1S/C24H26N2O2/c27-24(26-15-5-7-21(26)17-25-13-3-4-14-25)19-11-9-18(10-12-19)23-16-20-6-1-2-8-22(20)28-23/h1-2,6,8-12,16,21H,3-5,7,13-15,17H2/t21-/m0/s1. The van der Waals surface area contributed by atoms with Crippen molar-refractivity contribution in [2.45, 2.75) is 31.7 Å². The molecule has 4 heteroatoms. The summed E-state index contributed by atoms with van der Waals surface area (Å²) in [7, 11) is 0. The number of carbonyl (C=O) groups is 1. The highest BCUT2D eigenvalue weighted by atomic mass is 16.3. The monoisotopic (exact) mass is 374 g/mol. The predicted molar refractivity (Wildman–Crippen MR) is 111 cm³/mol. The molecule has 28 heavy (non-hydrogen) atoms. The van der Waals surface area contributed by atoms with Crippen LogP contribution in [0.25, 0.3) is 22.3 Å². The summed E-state index contributed by atoms with van der Waals surface area (Å²) in [5.41, 5.74) is 2.66. The Kier molecular flexibility index (Phi) is 4.65. The lowest BCUT2D eigenvalue weighted by molar-refractivity contribution is 0.0709. The molecule has 0 unspecified atom stereocenters. The summed E-state index contributed by atoms with van der Waals surface area (Å²) in [4.78, 5) is 17.7. The van der Waals surface area contributed by atoms with Gasteiger partial charge in [-0.15, -0.1) is 0 Å². The Balaban J connectivity index is 1.32. The van der Waals surface area contributed by atoms with Gasteiger partial charge in [-0.1, -0.05) is 30.3 Å². The summed E-state index contributed by atoms with van der Waals surface area (Å²) < 4.78 is 5.94. The van der Waals surface area contributed by atoms with E-state index in [1.54, 1.807) is 0 Å². The fourth-order valence-electron chi connectivity index (χ4n) is 4.62. The molecule has 2 fully saturated rings. The molecule has 3 aromatic rings. The molecule has 144 valence electrons. The Morgan fingerprint density at radius 2 is 1.75 bits per heavy atom. The Morgan fingerprint density at radius 1 is 0.964 bits per heavy atom. The molecular weight excluding hydrogens is 348 g/mol. The van der Waals surface area contributed by atoms with Crippen LogP contribution in [0.15, 0.2) is 59.0 Å². The van der Waals surface area contributed by atoms with E-state index in [-0.39, 0.29) is 5.91 Å². The number of nitrogens with zero attached hydrogens (tertiary/aromatic N) is 2. The van der Waals surface area contributed by atoms with Crippen LogP contribution in [0.3, 0.4) is 0 Å². The van der Waals surface area contributed by atoms with E-state index in [9.17, 15) is 4.79 Å². The number of hydrogen-bond acceptors (Lipinski definition) is 3. The quantitative estimate of drug-likeness (QED) is 0.658. The van der Waals surface area contributed by atoms with E-state index in [1.807, 2.05) is 48.5 Å². The number of benzene rings is 2. The third-order valence-corrected chi connectivity index (χ3v) is 6.15. The summed E-state index contributed by atoms with van der Waals surface area (Å²) in [5.74, 6) is 1.01. The SMILES string of the molecule is O=C(c1ccc(-c2cc3ccccc3o2)cc1)N1CCC[C@H]1CN1CCCC1. The fraction of sp³-hybridized carbons (Fsp3) is 0.375. The van der Waals surface area contributed by atoms with Gasteiger partial charge < -0.3 is 14.2 Å². The molecular formula is C24H26N2O2. The first-order valence-electron chi connectivity index (χ1n) is 10.4. The van der Waals surface area contributed by atoms with E-state index in [0.717, 1.165) is 53.8 Å². The van der Waals surface area contributed by atoms with E-state index in [2.05, 4.69) is 15.9 Å². The maximum absolute atomic E-state index is 13.1. The second kappa shape index (κ2) is 7.44. The van der Waals surface area contributed by atoms with Crippen LogP contribution in [0.5, 0.6) is 0 Å². The number of rotatable bonds is 4. The number of furan rings is 1. The maximum atomic E-state index is 13.1. The average molecular weight is 374 g/mol. The minimum Gasteiger partial charge on any atom is -0.456 e.